The maximum atomic E-state index is 5.77. The van der Waals surface area contributed by atoms with Crippen LogP contribution in [-0.4, -0.2) is 54.4 Å². The van der Waals surface area contributed by atoms with E-state index in [0.717, 1.165) is 12.4 Å². The molecule has 0 aromatic carbocycles. The van der Waals surface area contributed by atoms with Gasteiger partial charge in [-0.15, -0.1) is 11.6 Å². The topological polar surface area (TPSA) is 6.48 Å². The first kappa shape index (κ1) is 11.3. The highest BCUT2D eigenvalue weighted by Crippen LogP contribution is 2.09. The Kier molecular flexibility index (Phi) is 5.07. The van der Waals surface area contributed by atoms with Crippen molar-refractivity contribution in [2.24, 2.45) is 0 Å². The fraction of sp³-hybridized carbons (Fsp3) is 1.00. The van der Waals surface area contributed by atoms with Crippen molar-refractivity contribution in [1.29, 1.82) is 0 Å². The van der Waals surface area contributed by atoms with Crippen molar-refractivity contribution in [2.75, 3.05) is 38.6 Å². The summed E-state index contributed by atoms with van der Waals surface area (Å²) in [5.41, 5.74) is 0. The van der Waals surface area contributed by atoms with Crippen LogP contribution in [0.2, 0.25) is 0 Å². The van der Waals surface area contributed by atoms with Crippen molar-refractivity contribution < 1.29 is 0 Å². The second kappa shape index (κ2) is 5.84. The molecule has 1 fully saturated rings. The van der Waals surface area contributed by atoms with Crippen molar-refractivity contribution in [3.05, 3.63) is 0 Å². The first-order valence-corrected chi connectivity index (χ1v) is 5.83. The zero-order valence-corrected chi connectivity index (χ0v) is 9.56. The molecule has 78 valence electrons. The van der Waals surface area contributed by atoms with Crippen molar-refractivity contribution in [2.45, 2.75) is 26.3 Å². The summed E-state index contributed by atoms with van der Waals surface area (Å²) < 4.78 is 0. The summed E-state index contributed by atoms with van der Waals surface area (Å²) >= 11 is 5.77. The van der Waals surface area contributed by atoms with Crippen LogP contribution in [-0.2, 0) is 0 Å². The van der Waals surface area contributed by atoms with Crippen LogP contribution in [0.25, 0.3) is 0 Å². The largest absolute Gasteiger partial charge is 0.302 e. The Morgan fingerprint density at radius 2 is 2.15 bits per heavy atom. The Morgan fingerprint density at radius 3 is 2.77 bits per heavy atom. The Hall–Kier alpha value is 0.210. The second-order valence-electron chi connectivity index (χ2n) is 3.82. The van der Waals surface area contributed by atoms with Crippen LogP contribution >= 0.6 is 11.6 Å². The molecule has 13 heavy (non-hydrogen) atoms. The van der Waals surface area contributed by atoms with E-state index in [9.17, 15) is 0 Å². The third-order valence-electron chi connectivity index (χ3n) is 2.88. The van der Waals surface area contributed by atoms with Gasteiger partial charge in [0.1, 0.15) is 0 Å². The highest BCUT2D eigenvalue weighted by Gasteiger charge is 2.19. The maximum Gasteiger partial charge on any atom is 0.0351 e. The number of alkyl halides is 1. The van der Waals surface area contributed by atoms with Crippen LogP contribution in [0.3, 0.4) is 0 Å². The van der Waals surface area contributed by atoms with Gasteiger partial charge in [0.15, 0.2) is 0 Å². The van der Waals surface area contributed by atoms with Gasteiger partial charge in [-0.1, -0.05) is 6.92 Å². The summed E-state index contributed by atoms with van der Waals surface area (Å²) in [5, 5.41) is 0. The molecule has 2 nitrogen and oxygen atoms in total. The van der Waals surface area contributed by atoms with Gasteiger partial charge in [-0.2, -0.15) is 0 Å². The highest BCUT2D eigenvalue weighted by molar-refractivity contribution is 6.18. The molecule has 0 radical (unpaired) electrons. The predicted molar refractivity (Wildman–Crippen MR) is 58.5 cm³/mol. The molecular formula is C10H21ClN2. The third kappa shape index (κ3) is 3.45. The van der Waals surface area contributed by atoms with E-state index in [1.807, 2.05) is 0 Å². The quantitative estimate of drug-likeness (QED) is 0.645. The standard InChI is InChI=1S/C10H21ClN2/c1-3-12-6-4-7-13(8-5-11)10(2)9-12/h10H,3-9H2,1-2H3. The molecule has 1 aliphatic rings. The van der Waals surface area contributed by atoms with E-state index in [2.05, 4.69) is 23.6 Å². The van der Waals surface area contributed by atoms with E-state index in [1.165, 1.54) is 32.6 Å². The average molecular weight is 205 g/mol. The van der Waals surface area contributed by atoms with Crippen molar-refractivity contribution >= 4 is 11.6 Å². The van der Waals surface area contributed by atoms with Gasteiger partial charge in [-0.3, -0.25) is 4.90 Å². The number of hydrogen-bond donors (Lipinski definition) is 0. The molecule has 0 spiro atoms. The zero-order valence-electron chi connectivity index (χ0n) is 8.80. The lowest BCUT2D eigenvalue weighted by atomic mass is 10.3. The van der Waals surface area contributed by atoms with Crippen molar-refractivity contribution in [3.63, 3.8) is 0 Å². The molecule has 0 saturated carbocycles. The number of likely N-dealkylation sites (N-methyl/N-ethyl adjacent to an activating group) is 1. The number of rotatable bonds is 3. The molecule has 3 heteroatoms. The minimum absolute atomic E-state index is 0.668. The molecular weight excluding hydrogens is 184 g/mol. The molecule has 1 rings (SSSR count). The molecule has 1 heterocycles. The first-order valence-electron chi connectivity index (χ1n) is 5.30. The van der Waals surface area contributed by atoms with Gasteiger partial charge < -0.3 is 4.90 Å². The zero-order chi connectivity index (χ0) is 9.68. The Balaban J connectivity index is 2.41. The van der Waals surface area contributed by atoms with Gasteiger partial charge in [0.25, 0.3) is 0 Å². The Labute approximate surface area is 86.8 Å². The normalized spacial score (nSPS) is 27.5. The fourth-order valence-electron chi connectivity index (χ4n) is 2.03. The van der Waals surface area contributed by atoms with E-state index in [-0.39, 0.29) is 0 Å². The number of hydrogen-bond acceptors (Lipinski definition) is 2. The summed E-state index contributed by atoms with van der Waals surface area (Å²) in [6, 6.07) is 0.668. The van der Waals surface area contributed by atoms with Crippen LogP contribution in [0.4, 0.5) is 0 Å². The number of halogens is 1. The monoisotopic (exact) mass is 204 g/mol. The maximum absolute atomic E-state index is 5.77. The Bertz CT molecular complexity index is 141. The molecule has 1 saturated heterocycles. The Morgan fingerprint density at radius 1 is 1.38 bits per heavy atom. The van der Waals surface area contributed by atoms with Gasteiger partial charge in [0, 0.05) is 25.0 Å². The minimum atomic E-state index is 0.668. The molecule has 0 aromatic rings. The van der Waals surface area contributed by atoms with Crippen LogP contribution < -0.4 is 0 Å². The minimum Gasteiger partial charge on any atom is -0.302 e. The molecule has 0 N–H and O–H groups in total. The second-order valence-corrected chi connectivity index (χ2v) is 4.20. The number of nitrogens with zero attached hydrogens (tertiary/aromatic N) is 2. The lowest BCUT2D eigenvalue weighted by Crippen LogP contribution is -2.39. The van der Waals surface area contributed by atoms with E-state index < -0.39 is 0 Å². The van der Waals surface area contributed by atoms with E-state index in [1.54, 1.807) is 0 Å². The highest BCUT2D eigenvalue weighted by atomic mass is 35.5. The summed E-state index contributed by atoms with van der Waals surface area (Å²) in [5.74, 6) is 0.760. The fourth-order valence-corrected chi connectivity index (χ4v) is 2.24. The van der Waals surface area contributed by atoms with Crippen LogP contribution in [0.15, 0.2) is 0 Å². The summed E-state index contributed by atoms with van der Waals surface area (Å²) in [6.07, 6.45) is 1.29. The molecule has 0 aliphatic carbocycles. The first-order chi connectivity index (χ1) is 6.27. The van der Waals surface area contributed by atoms with Gasteiger partial charge in [-0.25, -0.2) is 0 Å². The summed E-state index contributed by atoms with van der Waals surface area (Å²) in [6.45, 7) is 10.4. The SMILES string of the molecule is CCN1CCCN(CCCl)C(C)C1. The van der Waals surface area contributed by atoms with Crippen LogP contribution in [0.5, 0.6) is 0 Å². The molecule has 0 amide bonds. The molecule has 1 aliphatic heterocycles. The van der Waals surface area contributed by atoms with Gasteiger partial charge >= 0.3 is 0 Å². The predicted octanol–water partition coefficient (Wildman–Crippen LogP) is 1.64. The van der Waals surface area contributed by atoms with Gasteiger partial charge in [-0.05, 0) is 33.0 Å². The van der Waals surface area contributed by atoms with Crippen LogP contribution in [0, 0.1) is 0 Å². The van der Waals surface area contributed by atoms with Crippen molar-refractivity contribution in [3.8, 4) is 0 Å². The van der Waals surface area contributed by atoms with Gasteiger partial charge in [0.05, 0.1) is 0 Å². The van der Waals surface area contributed by atoms with E-state index >= 15 is 0 Å². The summed E-state index contributed by atoms with van der Waals surface area (Å²) in [7, 11) is 0. The lowest BCUT2D eigenvalue weighted by Gasteiger charge is -2.27. The molecule has 1 unspecified atom stereocenters. The van der Waals surface area contributed by atoms with Crippen molar-refractivity contribution in [1.82, 2.24) is 9.80 Å². The van der Waals surface area contributed by atoms with Gasteiger partial charge in [0.2, 0.25) is 0 Å². The molecule has 0 bridgehead atoms. The summed E-state index contributed by atoms with van der Waals surface area (Å²) in [4.78, 5) is 5.03. The van der Waals surface area contributed by atoms with E-state index in [0.29, 0.717) is 6.04 Å². The smallest absolute Gasteiger partial charge is 0.0351 e. The average Bonchev–Trinajstić information content (AvgIpc) is 2.30. The van der Waals surface area contributed by atoms with Crippen LogP contribution in [0.1, 0.15) is 20.3 Å². The van der Waals surface area contributed by atoms with E-state index in [4.69, 9.17) is 11.6 Å². The molecule has 1 atom stereocenters. The lowest BCUT2D eigenvalue weighted by molar-refractivity contribution is 0.203. The molecule has 0 aromatic heterocycles. The third-order valence-corrected chi connectivity index (χ3v) is 3.05.